The Morgan fingerprint density at radius 3 is 2.41 bits per heavy atom. The number of likely N-dealkylation sites (tertiary alicyclic amines) is 1. The van der Waals surface area contributed by atoms with Crippen molar-refractivity contribution < 1.29 is 13.2 Å². The Labute approximate surface area is 134 Å². The number of sulfone groups is 1. The maximum atomic E-state index is 12.4. The van der Waals surface area contributed by atoms with Crippen molar-refractivity contribution in [3.05, 3.63) is 0 Å². The number of hydrogen-bond donors (Lipinski definition) is 1. The van der Waals surface area contributed by atoms with Crippen LogP contribution < -0.4 is 5.32 Å². The lowest BCUT2D eigenvalue weighted by molar-refractivity contribution is 0.169. The van der Waals surface area contributed by atoms with Crippen LogP contribution >= 0.6 is 0 Å². The monoisotopic (exact) mass is 330 g/mol. The van der Waals surface area contributed by atoms with E-state index in [9.17, 15) is 13.2 Å². The van der Waals surface area contributed by atoms with Gasteiger partial charge in [0.25, 0.3) is 0 Å². The zero-order chi connectivity index (χ0) is 16.6. The molecule has 5 nitrogen and oxygen atoms in total. The lowest BCUT2D eigenvalue weighted by Crippen LogP contribution is -2.45. The molecule has 6 heteroatoms. The lowest BCUT2D eigenvalue weighted by Gasteiger charge is -2.32. The highest BCUT2D eigenvalue weighted by Crippen LogP contribution is 2.39. The molecule has 0 aromatic rings. The van der Waals surface area contributed by atoms with Gasteiger partial charge in [0.1, 0.15) is 0 Å². The van der Waals surface area contributed by atoms with Crippen LogP contribution in [0.25, 0.3) is 0 Å². The molecule has 0 aliphatic carbocycles. The summed E-state index contributed by atoms with van der Waals surface area (Å²) in [4.78, 5) is 14.3. The highest BCUT2D eigenvalue weighted by atomic mass is 32.2. The fourth-order valence-electron chi connectivity index (χ4n) is 3.98. The molecule has 1 N–H and O–H groups in total. The van der Waals surface area contributed by atoms with E-state index in [2.05, 4.69) is 33.0 Å². The van der Waals surface area contributed by atoms with Gasteiger partial charge >= 0.3 is 6.03 Å². The first-order valence-corrected chi connectivity index (χ1v) is 10.0. The van der Waals surface area contributed by atoms with Crippen molar-refractivity contribution in [1.29, 1.82) is 0 Å². The molecule has 2 rings (SSSR count). The summed E-state index contributed by atoms with van der Waals surface area (Å²) in [6, 6.07) is -0.00652. The van der Waals surface area contributed by atoms with Crippen LogP contribution in [0.15, 0.2) is 0 Å². The van der Waals surface area contributed by atoms with E-state index < -0.39 is 9.84 Å². The summed E-state index contributed by atoms with van der Waals surface area (Å²) in [5.41, 5.74) is 0.387. The van der Waals surface area contributed by atoms with Gasteiger partial charge in [0, 0.05) is 19.6 Å². The van der Waals surface area contributed by atoms with Crippen LogP contribution in [0.2, 0.25) is 0 Å². The number of nitrogens with zero attached hydrogens (tertiary/aromatic N) is 1. The van der Waals surface area contributed by atoms with Gasteiger partial charge in [-0.2, -0.15) is 0 Å². The van der Waals surface area contributed by atoms with Gasteiger partial charge in [0.2, 0.25) is 0 Å². The third-order valence-electron chi connectivity index (χ3n) is 4.73. The summed E-state index contributed by atoms with van der Waals surface area (Å²) >= 11 is 0. The maximum Gasteiger partial charge on any atom is 0.317 e. The average Bonchev–Trinajstić information content (AvgIpc) is 2.41. The first-order valence-electron chi connectivity index (χ1n) is 8.21. The molecule has 2 fully saturated rings. The second kappa shape index (κ2) is 6.02. The first-order chi connectivity index (χ1) is 9.98. The fourth-order valence-corrected chi connectivity index (χ4v) is 5.65. The molecule has 0 aromatic heterocycles. The van der Waals surface area contributed by atoms with Crippen LogP contribution in [-0.2, 0) is 9.84 Å². The second-order valence-electron chi connectivity index (χ2n) is 8.64. The molecule has 2 saturated heterocycles. The van der Waals surface area contributed by atoms with E-state index in [1.807, 2.05) is 4.90 Å². The van der Waals surface area contributed by atoms with Gasteiger partial charge in [-0.15, -0.1) is 0 Å². The third-order valence-corrected chi connectivity index (χ3v) is 6.69. The first kappa shape index (κ1) is 17.6. The molecule has 2 heterocycles. The fraction of sp³-hybridized carbons (Fsp3) is 0.938. The largest absolute Gasteiger partial charge is 0.338 e. The van der Waals surface area contributed by atoms with Crippen LogP contribution in [0.3, 0.4) is 0 Å². The number of urea groups is 1. The summed E-state index contributed by atoms with van der Waals surface area (Å²) in [6.45, 7) is 11.1. The van der Waals surface area contributed by atoms with Crippen molar-refractivity contribution in [1.82, 2.24) is 10.2 Å². The Hall–Kier alpha value is -0.780. The Balaban J connectivity index is 1.79. The zero-order valence-corrected chi connectivity index (χ0v) is 15.1. The molecule has 2 aliphatic rings. The highest BCUT2D eigenvalue weighted by molar-refractivity contribution is 7.92. The van der Waals surface area contributed by atoms with Crippen molar-refractivity contribution in [3.63, 3.8) is 0 Å². The Morgan fingerprint density at radius 2 is 1.82 bits per heavy atom. The molecule has 0 unspecified atom stereocenters. The molecule has 0 bridgehead atoms. The van der Waals surface area contributed by atoms with Crippen molar-refractivity contribution in [2.45, 2.75) is 47.0 Å². The van der Waals surface area contributed by atoms with Gasteiger partial charge in [0.15, 0.2) is 9.84 Å². The number of amides is 2. The molecule has 0 saturated carbocycles. The molecule has 2 amide bonds. The number of carbonyl (C=O) groups is 1. The van der Waals surface area contributed by atoms with E-state index in [0.717, 1.165) is 32.4 Å². The summed E-state index contributed by atoms with van der Waals surface area (Å²) in [5, 5.41) is 2.96. The summed E-state index contributed by atoms with van der Waals surface area (Å²) < 4.78 is 22.2. The number of nitrogens with one attached hydrogen (secondary N) is 1. The van der Waals surface area contributed by atoms with Crippen molar-refractivity contribution in [2.75, 3.05) is 31.1 Å². The summed E-state index contributed by atoms with van der Waals surface area (Å²) in [5.74, 6) is 0.798. The lowest BCUT2D eigenvalue weighted by atomic mass is 9.75. The van der Waals surface area contributed by atoms with Crippen LogP contribution in [0.4, 0.5) is 4.79 Å². The molecule has 0 spiro atoms. The van der Waals surface area contributed by atoms with Gasteiger partial charge in [-0.1, -0.05) is 27.7 Å². The van der Waals surface area contributed by atoms with Gasteiger partial charge in [-0.3, -0.25) is 0 Å². The minimum absolute atomic E-state index is 0.00652. The van der Waals surface area contributed by atoms with E-state index in [0.29, 0.717) is 6.54 Å². The number of rotatable bonds is 3. The third kappa shape index (κ3) is 4.86. The summed E-state index contributed by atoms with van der Waals surface area (Å²) in [6.07, 6.45) is 2.89. The highest BCUT2D eigenvalue weighted by Gasteiger charge is 2.36. The predicted octanol–water partition coefficient (Wildman–Crippen LogP) is 2.28. The zero-order valence-electron chi connectivity index (χ0n) is 14.3. The minimum Gasteiger partial charge on any atom is -0.338 e. The van der Waals surface area contributed by atoms with E-state index in [1.165, 1.54) is 0 Å². The molecular weight excluding hydrogens is 300 g/mol. The molecule has 0 aromatic carbocycles. The minimum atomic E-state index is -2.76. The van der Waals surface area contributed by atoms with E-state index in [-0.39, 0.29) is 34.3 Å². The molecule has 0 radical (unpaired) electrons. The number of hydrogen-bond acceptors (Lipinski definition) is 3. The van der Waals surface area contributed by atoms with Crippen LogP contribution in [0.5, 0.6) is 0 Å². The standard InChI is InChI=1S/C16H30N2O3S/c1-15(2)6-8-18(12-16(3,4)11-15)14(19)17-7-5-13-9-22(20,21)10-13/h13H,5-12H2,1-4H3,(H,17,19). The Bertz CT molecular complexity index is 514. The molecule has 0 atom stereocenters. The molecular formula is C16H30N2O3S. The van der Waals surface area contributed by atoms with Gasteiger partial charge in [-0.25, -0.2) is 13.2 Å². The van der Waals surface area contributed by atoms with Crippen LogP contribution in [0, 0.1) is 16.7 Å². The second-order valence-corrected chi connectivity index (χ2v) is 10.8. The van der Waals surface area contributed by atoms with E-state index in [1.54, 1.807) is 0 Å². The van der Waals surface area contributed by atoms with Gasteiger partial charge in [-0.05, 0) is 36.0 Å². The van der Waals surface area contributed by atoms with Crippen LogP contribution in [-0.4, -0.2) is 50.5 Å². The summed E-state index contributed by atoms with van der Waals surface area (Å²) in [7, 11) is -2.76. The Morgan fingerprint density at radius 1 is 1.18 bits per heavy atom. The predicted molar refractivity (Wildman–Crippen MR) is 88.5 cm³/mol. The SMILES string of the molecule is CC1(C)CCN(C(=O)NCCC2CS(=O)(=O)C2)CC(C)(C)C1. The molecule has 128 valence electrons. The molecule has 22 heavy (non-hydrogen) atoms. The smallest absolute Gasteiger partial charge is 0.317 e. The van der Waals surface area contributed by atoms with Gasteiger partial charge < -0.3 is 10.2 Å². The van der Waals surface area contributed by atoms with Crippen molar-refractivity contribution in [3.8, 4) is 0 Å². The van der Waals surface area contributed by atoms with Crippen molar-refractivity contribution >= 4 is 15.9 Å². The van der Waals surface area contributed by atoms with E-state index >= 15 is 0 Å². The average molecular weight is 330 g/mol. The topological polar surface area (TPSA) is 66.5 Å². The van der Waals surface area contributed by atoms with Crippen molar-refractivity contribution in [2.24, 2.45) is 16.7 Å². The van der Waals surface area contributed by atoms with E-state index in [4.69, 9.17) is 0 Å². The molecule has 2 aliphatic heterocycles. The van der Waals surface area contributed by atoms with Crippen LogP contribution in [0.1, 0.15) is 47.0 Å². The van der Waals surface area contributed by atoms with Gasteiger partial charge in [0.05, 0.1) is 11.5 Å². The Kier molecular flexibility index (Phi) is 4.81. The number of carbonyl (C=O) groups excluding carboxylic acids is 1. The normalized spacial score (nSPS) is 26.8. The quantitative estimate of drug-likeness (QED) is 0.863. The maximum absolute atomic E-state index is 12.4.